The molecule has 0 radical (unpaired) electrons. The second kappa shape index (κ2) is 4.95. The van der Waals surface area contributed by atoms with Crippen molar-refractivity contribution in [3.8, 4) is 0 Å². The van der Waals surface area contributed by atoms with Gasteiger partial charge in [0.15, 0.2) is 5.78 Å². The zero-order valence-electron chi connectivity index (χ0n) is 8.90. The van der Waals surface area contributed by atoms with Crippen molar-refractivity contribution in [3.05, 3.63) is 44.4 Å². The number of halogens is 2. The monoisotopic (exact) mass is 286 g/mol. The fraction of sp³-hybridized carbons (Fsp3) is 0.250. The summed E-state index contributed by atoms with van der Waals surface area (Å²) in [6.45, 7) is 5.69. The summed E-state index contributed by atoms with van der Waals surface area (Å²) < 4.78 is 0.784. The molecule has 0 aliphatic rings. The number of carbonyl (C=O) groups is 1. The zero-order chi connectivity index (χ0) is 11.6. The number of carbonyl (C=O) groups excluding carboxylic acids is 1. The molecule has 0 atom stereocenters. The van der Waals surface area contributed by atoms with E-state index in [9.17, 15) is 4.79 Å². The Hall–Kier alpha value is -0.600. The molecule has 0 aliphatic carbocycles. The summed E-state index contributed by atoms with van der Waals surface area (Å²) in [5, 5.41) is 0.615. The minimum Gasteiger partial charge on any atom is -0.289 e. The molecule has 1 aromatic carbocycles. The molecule has 0 bridgehead atoms. The van der Waals surface area contributed by atoms with Crippen LogP contribution >= 0.6 is 27.5 Å². The Kier molecular flexibility index (Phi) is 4.12. The molecule has 0 saturated carbocycles. The smallest absolute Gasteiger partial charge is 0.186 e. The summed E-state index contributed by atoms with van der Waals surface area (Å²) >= 11 is 9.34. The molecule has 1 aromatic rings. The first-order valence-corrected chi connectivity index (χ1v) is 5.74. The van der Waals surface area contributed by atoms with Crippen LogP contribution < -0.4 is 0 Å². The van der Waals surface area contributed by atoms with Crippen LogP contribution in [0.1, 0.15) is 29.8 Å². The van der Waals surface area contributed by atoms with Crippen LogP contribution in [0.5, 0.6) is 0 Å². The lowest BCUT2D eigenvalue weighted by molar-refractivity contribution is 0.104. The van der Waals surface area contributed by atoms with Gasteiger partial charge in [-0.25, -0.2) is 0 Å². The van der Waals surface area contributed by atoms with Gasteiger partial charge in [-0.2, -0.15) is 0 Å². The van der Waals surface area contributed by atoms with Gasteiger partial charge >= 0.3 is 0 Å². The van der Waals surface area contributed by atoms with Crippen LogP contribution in [0.4, 0.5) is 0 Å². The van der Waals surface area contributed by atoms with E-state index < -0.39 is 0 Å². The highest BCUT2D eigenvalue weighted by Crippen LogP contribution is 2.25. The fourth-order valence-electron chi connectivity index (χ4n) is 1.18. The summed E-state index contributed by atoms with van der Waals surface area (Å²) in [6, 6.07) is 3.55. The van der Waals surface area contributed by atoms with Crippen molar-refractivity contribution < 1.29 is 4.79 Å². The maximum absolute atomic E-state index is 11.8. The average molecular weight is 288 g/mol. The number of aryl methyl sites for hydroxylation is 1. The predicted molar refractivity (Wildman–Crippen MR) is 67.7 cm³/mol. The highest BCUT2D eigenvalue weighted by Gasteiger charge is 2.09. The molecule has 1 rings (SSSR count). The highest BCUT2D eigenvalue weighted by molar-refractivity contribution is 9.10. The van der Waals surface area contributed by atoms with E-state index in [0.29, 0.717) is 10.6 Å². The van der Waals surface area contributed by atoms with Crippen LogP contribution in [0.15, 0.2) is 28.3 Å². The number of allylic oxidation sites excluding steroid dienone is 2. The third-order valence-electron chi connectivity index (χ3n) is 1.93. The van der Waals surface area contributed by atoms with Crippen molar-refractivity contribution in [1.82, 2.24) is 0 Å². The third kappa shape index (κ3) is 3.18. The molecule has 0 unspecified atom stereocenters. The maximum atomic E-state index is 11.8. The standard InChI is InChI=1S/C12H12BrClO/c1-7(2)4-12(15)9-6-11(14)8(3)5-10(9)13/h4-6H,1-3H3. The summed E-state index contributed by atoms with van der Waals surface area (Å²) in [5.41, 5.74) is 2.53. The summed E-state index contributed by atoms with van der Waals surface area (Å²) in [4.78, 5) is 11.8. The molecule has 0 aliphatic heterocycles. The van der Waals surface area contributed by atoms with Crippen molar-refractivity contribution in [2.24, 2.45) is 0 Å². The number of hydrogen-bond donors (Lipinski definition) is 0. The van der Waals surface area contributed by atoms with E-state index in [4.69, 9.17) is 11.6 Å². The minimum atomic E-state index is -0.0243. The van der Waals surface area contributed by atoms with Gasteiger partial charge in [0.05, 0.1) is 0 Å². The van der Waals surface area contributed by atoms with Crippen molar-refractivity contribution in [3.63, 3.8) is 0 Å². The first-order valence-electron chi connectivity index (χ1n) is 4.56. The molecule has 15 heavy (non-hydrogen) atoms. The van der Waals surface area contributed by atoms with E-state index in [0.717, 1.165) is 15.6 Å². The van der Waals surface area contributed by atoms with Gasteiger partial charge in [0.2, 0.25) is 0 Å². The van der Waals surface area contributed by atoms with Crippen molar-refractivity contribution in [1.29, 1.82) is 0 Å². The topological polar surface area (TPSA) is 17.1 Å². The lowest BCUT2D eigenvalue weighted by Crippen LogP contribution is -1.97. The molecular weight excluding hydrogens is 275 g/mol. The van der Waals surface area contributed by atoms with Crippen molar-refractivity contribution >= 4 is 33.3 Å². The Balaban J connectivity index is 3.21. The van der Waals surface area contributed by atoms with Crippen LogP contribution in [0.25, 0.3) is 0 Å². The van der Waals surface area contributed by atoms with Crippen LogP contribution in [0, 0.1) is 6.92 Å². The summed E-state index contributed by atoms with van der Waals surface area (Å²) in [6.07, 6.45) is 1.60. The minimum absolute atomic E-state index is 0.0243. The third-order valence-corrected chi connectivity index (χ3v) is 3.00. The Bertz CT molecular complexity index is 431. The van der Waals surface area contributed by atoms with Gasteiger partial charge in [0.25, 0.3) is 0 Å². The summed E-state index contributed by atoms with van der Waals surface area (Å²) in [7, 11) is 0. The number of ketones is 1. The molecule has 3 heteroatoms. The normalized spacial score (nSPS) is 9.93. The van der Waals surface area contributed by atoms with Crippen molar-refractivity contribution in [2.45, 2.75) is 20.8 Å². The van der Waals surface area contributed by atoms with E-state index in [2.05, 4.69) is 15.9 Å². The van der Waals surface area contributed by atoms with Gasteiger partial charge in [0, 0.05) is 15.1 Å². The molecule has 0 heterocycles. The first kappa shape index (κ1) is 12.5. The largest absolute Gasteiger partial charge is 0.289 e. The number of hydrogen-bond acceptors (Lipinski definition) is 1. The maximum Gasteiger partial charge on any atom is 0.186 e. The molecule has 0 spiro atoms. The SMILES string of the molecule is CC(C)=CC(=O)c1cc(Cl)c(C)cc1Br. The molecular formula is C12H12BrClO. The van der Waals surface area contributed by atoms with Gasteiger partial charge in [-0.3, -0.25) is 4.79 Å². The molecule has 80 valence electrons. The lowest BCUT2D eigenvalue weighted by Gasteiger charge is -2.04. The van der Waals surface area contributed by atoms with Gasteiger partial charge in [-0.1, -0.05) is 33.1 Å². The quantitative estimate of drug-likeness (QED) is 0.575. The van der Waals surface area contributed by atoms with Gasteiger partial charge < -0.3 is 0 Å². The Morgan fingerprint density at radius 2 is 2.00 bits per heavy atom. The zero-order valence-corrected chi connectivity index (χ0v) is 11.2. The number of rotatable bonds is 2. The van der Waals surface area contributed by atoms with E-state index in [1.807, 2.05) is 26.8 Å². The first-order chi connectivity index (χ1) is 6.91. The van der Waals surface area contributed by atoms with Crippen LogP contribution in [0.2, 0.25) is 5.02 Å². The van der Waals surface area contributed by atoms with E-state index >= 15 is 0 Å². The molecule has 1 nitrogen and oxygen atoms in total. The molecule has 0 N–H and O–H groups in total. The van der Waals surface area contributed by atoms with E-state index in [-0.39, 0.29) is 5.78 Å². The Morgan fingerprint density at radius 1 is 1.40 bits per heavy atom. The number of benzene rings is 1. The second-order valence-electron chi connectivity index (χ2n) is 3.67. The van der Waals surface area contributed by atoms with Gasteiger partial charge in [-0.05, 0) is 44.5 Å². The highest BCUT2D eigenvalue weighted by atomic mass is 79.9. The van der Waals surface area contributed by atoms with Gasteiger partial charge in [0.1, 0.15) is 0 Å². The molecule has 0 fully saturated rings. The van der Waals surface area contributed by atoms with Crippen LogP contribution in [0.3, 0.4) is 0 Å². The van der Waals surface area contributed by atoms with Crippen molar-refractivity contribution in [2.75, 3.05) is 0 Å². The van der Waals surface area contributed by atoms with Gasteiger partial charge in [-0.15, -0.1) is 0 Å². The Morgan fingerprint density at radius 3 is 2.53 bits per heavy atom. The average Bonchev–Trinajstić information content (AvgIpc) is 2.09. The van der Waals surface area contributed by atoms with E-state index in [1.165, 1.54) is 0 Å². The molecule has 0 amide bonds. The lowest BCUT2D eigenvalue weighted by atomic mass is 10.1. The summed E-state index contributed by atoms with van der Waals surface area (Å²) in [5.74, 6) is -0.0243. The predicted octanol–water partition coefficient (Wildman–Crippen LogP) is 4.56. The van der Waals surface area contributed by atoms with Crippen LogP contribution in [-0.2, 0) is 0 Å². The molecule has 0 aromatic heterocycles. The van der Waals surface area contributed by atoms with Crippen LogP contribution in [-0.4, -0.2) is 5.78 Å². The van der Waals surface area contributed by atoms with E-state index in [1.54, 1.807) is 12.1 Å². The second-order valence-corrected chi connectivity index (χ2v) is 4.93. The Labute approximate surface area is 103 Å². The molecule has 0 saturated heterocycles. The fourth-order valence-corrected chi connectivity index (χ4v) is 1.99.